The van der Waals surface area contributed by atoms with Crippen molar-refractivity contribution in [1.82, 2.24) is 9.80 Å². The second-order valence-corrected chi connectivity index (χ2v) is 11.8. The quantitative estimate of drug-likeness (QED) is 0.444. The Balaban J connectivity index is 0.000000613. The molecule has 0 atom stereocenters. The number of hydrogen-bond acceptors (Lipinski definition) is 8. The molecule has 0 bridgehead atoms. The Kier molecular flexibility index (Phi) is 13.1. The highest BCUT2D eigenvalue weighted by Gasteiger charge is 2.29. The van der Waals surface area contributed by atoms with Gasteiger partial charge in [0.2, 0.25) is 0 Å². The number of piperidine rings is 2. The maximum Gasteiger partial charge on any atom is 0.410 e. The van der Waals surface area contributed by atoms with E-state index in [1.807, 2.05) is 41.5 Å². The highest BCUT2D eigenvalue weighted by molar-refractivity contribution is 7.86. The Bertz CT molecular complexity index is 727. The molecule has 0 aromatic carbocycles. The summed E-state index contributed by atoms with van der Waals surface area (Å²) in [5.74, 6) is 0. The van der Waals surface area contributed by atoms with Crippen LogP contribution in [0.5, 0.6) is 0 Å². The third-order valence-corrected chi connectivity index (χ3v) is 5.14. The van der Waals surface area contributed by atoms with Crippen LogP contribution in [0.2, 0.25) is 0 Å². The van der Waals surface area contributed by atoms with Crippen LogP contribution in [0.15, 0.2) is 13.2 Å². The van der Waals surface area contributed by atoms with E-state index in [0.29, 0.717) is 51.9 Å². The molecule has 1 N–H and O–H groups in total. The largest absolute Gasteiger partial charge is 0.444 e. The molecular weight excluding hydrogens is 464 g/mol. The Morgan fingerprint density at radius 1 is 0.794 bits per heavy atom. The molecule has 0 unspecified atom stereocenters. The number of carbonyl (C=O) groups excluding carboxylic acids is 2. The third-order valence-electron chi connectivity index (χ3n) is 4.52. The monoisotopic (exact) mass is 508 g/mol. The number of likely N-dealkylation sites (tertiary alicyclic amines) is 2. The molecule has 2 heterocycles. The topological polar surface area (TPSA) is 123 Å². The first-order valence-corrected chi connectivity index (χ1v) is 13.3. The Morgan fingerprint density at radius 2 is 1.12 bits per heavy atom. The second kappa shape index (κ2) is 13.9. The van der Waals surface area contributed by atoms with Gasteiger partial charge in [-0.2, -0.15) is 8.42 Å². The van der Waals surface area contributed by atoms with E-state index < -0.39 is 21.3 Å². The van der Waals surface area contributed by atoms with Crippen LogP contribution in [0.1, 0.15) is 67.2 Å². The van der Waals surface area contributed by atoms with Gasteiger partial charge in [-0.1, -0.05) is 0 Å². The van der Waals surface area contributed by atoms with Crippen LogP contribution in [0, 0.1) is 0 Å². The van der Waals surface area contributed by atoms with Crippen LogP contribution >= 0.6 is 0 Å². The van der Waals surface area contributed by atoms with Crippen LogP contribution in [-0.2, 0) is 23.8 Å². The molecule has 2 amide bonds. The number of aliphatic hydroxyl groups excluding tert-OH is 1. The summed E-state index contributed by atoms with van der Waals surface area (Å²) in [5, 5.41) is 9.26. The van der Waals surface area contributed by atoms with Crippen molar-refractivity contribution in [3.05, 3.63) is 13.2 Å². The molecule has 2 fully saturated rings. The van der Waals surface area contributed by atoms with Gasteiger partial charge in [0, 0.05) is 26.2 Å². The number of ether oxygens (including phenoxy) is 2. The fourth-order valence-electron chi connectivity index (χ4n) is 3.08. The van der Waals surface area contributed by atoms with E-state index in [1.54, 1.807) is 9.80 Å². The van der Waals surface area contributed by atoms with Gasteiger partial charge in [-0.15, -0.1) is 13.2 Å². The zero-order valence-corrected chi connectivity index (χ0v) is 22.6. The number of hydrogen-bond donors (Lipinski definition) is 1. The summed E-state index contributed by atoms with van der Waals surface area (Å²) in [6.45, 7) is 19.1. The van der Waals surface area contributed by atoms with E-state index in [1.165, 1.54) is 0 Å². The lowest BCUT2D eigenvalue weighted by atomic mass is 10.1. The maximum atomic E-state index is 11.8. The minimum absolute atomic E-state index is 0.256. The third kappa shape index (κ3) is 15.1. The average molecular weight is 509 g/mol. The molecule has 0 aliphatic carbocycles. The van der Waals surface area contributed by atoms with Gasteiger partial charge in [0.25, 0.3) is 10.1 Å². The van der Waals surface area contributed by atoms with E-state index in [-0.39, 0.29) is 24.4 Å². The van der Waals surface area contributed by atoms with Crippen LogP contribution in [0.25, 0.3) is 0 Å². The second-order valence-electron chi connectivity index (χ2n) is 10.2. The molecule has 200 valence electrons. The molecule has 0 aromatic heterocycles. The van der Waals surface area contributed by atoms with Crippen molar-refractivity contribution in [3.63, 3.8) is 0 Å². The smallest absolute Gasteiger partial charge is 0.410 e. The SMILES string of the molecule is C=C.CC(C)(C)OC(=O)N1CCC(O)CC1.CC(C)(C)OC(=O)N1CCC(OS(C)(=O)=O)CC1. The van der Waals surface area contributed by atoms with E-state index >= 15 is 0 Å². The minimum atomic E-state index is -3.42. The summed E-state index contributed by atoms with van der Waals surface area (Å²) in [4.78, 5) is 26.5. The molecule has 0 saturated carbocycles. The van der Waals surface area contributed by atoms with Gasteiger partial charge in [0.1, 0.15) is 11.2 Å². The van der Waals surface area contributed by atoms with Crippen LogP contribution in [0.3, 0.4) is 0 Å². The van der Waals surface area contributed by atoms with Crippen molar-refractivity contribution in [2.45, 2.75) is 90.6 Å². The number of rotatable bonds is 2. The fourth-order valence-corrected chi connectivity index (χ4v) is 3.77. The Morgan fingerprint density at radius 3 is 1.41 bits per heavy atom. The molecule has 10 nitrogen and oxygen atoms in total. The molecule has 34 heavy (non-hydrogen) atoms. The Labute approximate surface area is 205 Å². The predicted octanol–water partition coefficient (Wildman–Crippen LogP) is 3.54. The molecule has 0 aromatic rings. The van der Waals surface area contributed by atoms with Crippen LogP contribution in [-0.4, -0.2) is 91.4 Å². The summed E-state index contributed by atoms with van der Waals surface area (Å²) in [6.07, 6.45) is 2.13. The lowest BCUT2D eigenvalue weighted by Crippen LogP contribution is -2.43. The fraction of sp³-hybridized carbons (Fsp3) is 0.826. The van der Waals surface area contributed by atoms with E-state index in [9.17, 15) is 23.1 Å². The summed E-state index contributed by atoms with van der Waals surface area (Å²) >= 11 is 0. The first-order valence-electron chi connectivity index (χ1n) is 11.5. The predicted molar refractivity (Wildman–Crippen MR) is 131 cm³/mol. The summed E-state index contributed by atoms with van der Waals surface area (Å²) < 4.78 is 37.3. The molecule has 0 spiro atoms. The number of carbonyl (C=O) groups is 2. The maximum absolute atomic E-state index is 11.8. The van der Waals surface area contributed by atoms with E-state index in [0.717, 1.165) is 6.26 Å². The van der Waals surface area contributed by atoms with Gasteiger partial charge in [-0.3, -0.25) is 4.18 Å². The van der Waals surface area contributed by atoms with Crippen molar-refractivity contribution in [3.8, 4) is 0 Å². The lowest BCUT2D eigenvalue weighted by Gasteiger charge is -2.32. The van der Waals surface area contributed by atoms with E-state index in [2.05, 4.69) is 13.2 Å². The highest BCUT2D eigenvalue weighted by Crippen LogP contribution is 2.18. The van der Waals surface area contributed by atoms with Crippen molar-refractivity contribution in [2.24, 2.45) is 0 Å². The van der Waals surface area contributed by atoms with Gasteiger partial charge in [0.15, 0.2) is 0 Å². The highest BCUT2D eigenvalue weighted by atomic mass is 32.2. The van der Waals surface area contributed by atoms with Gasteiger partial charge >= 0.3 is 12.2 Å². The Hall–Kier alpha value is -1.85. The standard InChI is InChI=1S/C11H21NO5S.C10H19NO3.C2H4/c1-11(2,3)16-10(13)12-7-5-9(6-8-12)17-18(4,14)15;1-10(2,3)14-9(13)11-6-4-8(12)5-7-11;1-2/h9H,5-8H2,1-4H3;8,12H,4-7H2,1-3H3;1-2H2. The van der Waals surface area contributed by atoms with E-state index in [4.69, 9.17) is 13.7 Å². The zero-order chi connectivity index (χ0) is 26.7. The summed E-state index contributed by atoms with van der Waals surface area (Å²) in [5.41, 5.74) is -0.954. The number of nitrogens with zero attached hydrogens (tertiary/aromatic N) is 2. The first-order chi connectivity index (χ1) is 15.5. The molecule has 2 saturated heterocycles. The molecular formula is C23H44N2O8S. The summed E-state index contributed by atoms with van der Waals surface area (Å²) in [7, 11) is -3.42. The van der Waals surface area contributed by atoms with Gasteiger partial charge in [-0.05, 0) is 67.2 Å². The molecule has 0 radical (unpaired) electrons. The first kappa shape index (κ1) is 32.1. The lowest BCUT2D eigenvalue weighted by molar-refractivity contribution is 0.00963. The zero-order valence-electron chi connectivity index (χ0n) is 21.8. The molecule has 2 rings (SSSR count). The van der Waals surface area contributed by atoms with Crippen LogP contribution < -0.4 is 0 Å². The molecule has 2 aliphatic rings. The number of aliphatic hydroxyl groups is 1. The number of amides is 2. The average Bonchev–Trinajstić information content (AvgIpc) is 2.67. The van der Waals surface area contributed by atoms with Gasteiger partial charge in [-0.25, -0.2) is 9.59 Å². The van der Waals surface area contributed by atoms with Crippen molar-refractivity contribution in [2.75, 3.05) is 32.4 Å². The molecule has 2 aliphatic heterocycles. The van der Waals surface area contributed by atoms with Gasteiger partial charge in [0.05, 0.1) is 18.5 Å². The van der Waals surface area contributed by atoms with Crippen molar-refractivity contribution >= 4 is 22.3 Å². The minimum Gasteiger partial charge on any atom is -0.444 e. The molecule has 11 heteroatoms. The normalized spacial score (nSPS) is 18.1. The van der Waals surface area contributed by atoms with Gasteiger partial charge < -0.3 is 24.4 Å². The van der Waals surface area contributed by atoms with Crippen molar-refractivity contribution < 1.29 is 36.8 Å². The van der Waals surface area contributed by atoms with Crippen molar-refractivity contribution in [1.29, 1.82) is 0 Å². The van der Waals surface area contributed by atoms with Crippen LogP contribution in [0.4, 0.5) is 9.59 Å². The summed E-state index contributed by atoms with van der Waals surface area (Å²) in [6, 6.07) is 0.